The molecule has 0 bridgehead atoms. The average molecular weight is 570 g/mol. The summed E-state index contributed by atoms with van der Waals surface area (Å²) in [5, 5.41) is 24.9. The summed E-state index contributed by atoms with van der Waals surface area (Å²) >= 11 is 0. The molecule has 1 saturated heterocycles. The summed E-state index contributed by atoms with van der Waals surface area (Å²) < 4.78 is 6.13. The Kier molecular flexibility index (Phi) is 10.7. The van der Waals surface area contributed by atoms with Gasteiger partial charge in [-0.2, -0.15) is 0 Å². The first-order valence-corrected chi connectivity index (χ1v) is 13.9. The molecule has 8 nitrogen and oxygen atoms in total. The van der Waals surface area contributed by atoms with Gasteiger partial charge in [-0.1, -0.05) is 66.7 Å². The number of fused-ring (bicyclic) bond motifs is 2. The first-order valence-electron chi connectivity index (χ1n) is 13.9. The van der Waals surface area contributed by atoms with Gasteiger partial charge in [-0.15, -0.1) is 0 Å². The van der Waals surface area contributed by atoms with Gasteiger partial charge in [0.15, 0.2) is 0 Å². The summed E-state index contributed by atoms with van der Waals surface area (Å²) in [5.41, 5.74) is 6.69. The van der Waals surface area contributed by atoms with Crippen LogP contribution in [0.5, 0.6) is 5.75 Å². The summed E-state index contributed by atoms with van der Waals surface area (Å²) in [6.07, 6.45) is 7.05. The van der Waals surface area contributed by atoms with Crippen LogP contribution in [0.4, 0.5) is 0 Å². The van der Waals surface area contributed by atoms with Gasteiger partial charge in [-0.3, -0.25) is 9.69 Å². The second kappa shape index (κ2) is 14.8. The first-order chi connectivity index (χ1) is 20.3. The maximum absolute atomic E-state index is 11.3. The number of piperidine rings is 1. The van der Waals surface area contributed by atoms with E-state index in [0.717, 1.165) is 53.6 Å². The smallest absolute Gasteiger partial charge is 0.328 e. The molecule has 218 valence electrons. The lowest BCUT2D eigenvalue weighted by atomic mass is 9.90. The fourth-order valence-corrected chi connectivity index (χ4v) is 5.31. The Bertz CT molecular complexity index is 1440. The van der Waals surface area contributed by atoms with Gasteiger partial charge in [0.2, 0.25) is 0 Å². The second-order valence-corrected chi connectivity index (χ2v) is 10.4. The number of carbonyl (C=O) groups is 3. The van der Waals surface area contributed by atoms with Gasteiger partial charge >= 0.3 is 17.9 Å². The highest BCUT2D eigenvalue weighted by molar-refractivity contribution is 5.89. The van der Waals surface area contributed by atoms with Crippen molar-refractivity contribution in [1.29, 1.82) is 0 Å². The van der Waals surface area contributed by atoms with E-state index in [9.17, 15) is 19.5 Å². The molecule has 0 radical (unpaired) electrons. The van der Waals surface area contributed by atoms with Crippen molar-refractivity contribution >= 4 is 23.5 Å². The maximum atomic E-state index is 11.3. The largest absolute Gasteiger partial charge is 0.488 e. The Morgan fingerprint density at radius 3 is 2.14 bits per heavy atom. The Balaban J connectivity index is 0.000000446. The van der Waals surface area contributed by atoms with E-state index >= 15 is 0 Å². The Hall–Kier alpha value is -4.69. The van der Waals surface area contributed by atoms with E-state index in [-0.39, 0.29) is 6.42 Å². The van der Waals surface area contributed by atoms with E-state index in [2.05, 4.69) is 59.5 Å². The highest BCUT2D eigenvalue weighted by Crippen LogP contribution is 2.37. The summed E-state index contributed by atoms with van der Waals surface area (Å²) in [5.74, 6) is -1.77. The van der Waals surface area contributed by atoms with Crippen LogP contribution in [0.3, 0.4) is 0 Å². The number of carboxylic acid groups (broad SMARTS) is 3. The van der Waals surface area contributed by atoms with Crippen molar-refractivity contribution in [3.05, 3.63) is 119 Å². The lowest BCUT2D eigenvalue weighted by Gasteiger charge is -2.31. The molecular weight excluding hydrogens is 534 g/mol. The molecule has 0 saturated carbocycles. The molecule has 5 rings (SSSR count). The molecule has 3 N–H and O–H groups in total. The molecule has 2 aliphatic rings. The van der Waals surface area contributed by atoms with Crippen molar-refractivity contribution in [2.24, 2.45) is 5.92 Å². The van der Waals surface area contributed by atoms with Crippen molar-refractivity contribution in [3.63, 3.8) is 0 Å². The zero-order valence-corrected chi connectivity index (χ0v) is 23.3. The molecule has 1 fully saturated rings. The van der Waals surface area contributed by atoms with Crippen molar-refractivity contribution in [1.82, 2.24) is 4.90 Å². The Labute approximate surface area is 245 Å². The quantitative estimate of drug-likeness (QED) is 0.312. The SMILES string of the molecule is O=C(O)/C=C/C(=O)O.O=C(O)Cc1ccc2c(c1)/C(=C/CN1CCC(Cc3ccccc3)CC1)c1ccccc1CO2. The van der Waals surface area contributed by atoms with Gasteiger partial charge in [-0.25, -0.2) is 9.59 Å². The minimum Gasteiger partial charge on any atom is -0.488 e. The lowest BCUT2D eigenvalue weighted by Crippen LogP contribution is -2.34. The van der Waals surface area contributed by atoms with E-state index in [1.807, 2.05) is 24.3 Å². The van der Waals surface area contributed by atoms with Crippen LogP contribution >= 0.6 is 0 Å². The van der Waals surface area contributed by atoms with Gasteiger partial charge in [-0.05, 0) is 78.2 Å². The molecule has 0 aromatic heterocycles. The van der Waals surface area contributed by atoms with Crippen LogP contribution in [0, 0.1) is 5.92 Å². The number of ether oxygens (including phenoxy) is 1. The minimum atomic E-state index is -1.26. The predicted molar refractivity (Wildman–Crippen MR) is 159 cm³/mol. The van der Waals surface area contributed by atoms with Crippen LogP contribution in [0.1, 0.15) is 40.7 Å². The maximum Gasteiger partial charge on any atom is 0.328 e. The van der Waals surface area contributed by atoms with Gasteiger partial charge in [0.1, 0.15) is 12.4 Å². The van der Waals surface area contributed by atoms with E-state index in [1.165, 1.54) is 30.4 Å². The number of aliphatic carboxylic acids is 3. The molecular formula is C34H35NO7. The molecule has 0 spiro atoms. The molecule has 2 aliphatic heterocycles. The fourth-order valence-electron chi connectivity index (χ4n) is 5.31. The molecule has 3 aromatic carbocycles. The lowest BCUT2D eigenvalue weighted by molar-refractivity contribution is -0.136. The number of hydrogen-bond acceptors (Lipinski definition) is 5. The van der Waals surface area contributed by atoms with Crippen molar-refractivity contribution in [2.75, 3.05) is 19.6 Å². The van der Waals surface area contributed by atoms with Gasteiger partial charge < -0.3 is 20.1 Å². The molecule has 8 heteroatoms. The molecule has 42 heavy (non-hydrogen) atoms. The molecule has 0 unspecified atom stereocenters. The van der Waals surface area contributed by atoms with Gasteiger partial charge in [0.25, 0.3) is 0 Å². The van der Waals surface area contributed by atoms with Gasteiger partial charge in [0.05, 0.1) is 6.42 Å². The number of nitrogens with zero attached hydrogens (tertiary/aromatic N) is 1. The topological polar surface area (TPSA) is 124 Å². The summed E-state index contributed by atoms with van der Waals surface area (Å²) in [7, 11) is 0. The van der Waals surface area contributed by atoms with Crippen LogP contribution in [-0.2, 0) is 33.8 Å². The predicted octanol–water partition coefficient (Wildman–Crippen LogP) is 5.30. The normalized spacial score (nSPS) is 16.0. The molecule has 0 aliphatic carbocycles. The van der Waals surface area contributed by atoms with Crippen LogP contribution in [-0.4, -0.2) is 57.8 Å². The summed E-state index contributed by atoms with van der Waals surface area (Å²) in [4.78, 5) is 32.9. The molecule has 3 aromatic rings. The summed E-state index contributed by atoms with van der Waals surface area (Å²) in [6.45, 7) is 3.60. The standard InChI is InChI=1S/C30H31NO3.C4H4O4/c32-30(33)20-24-10-11-29-28(19-24)27(26-9-5-4-8-25(26)21-34-29)14-17-31-15-12-23(13-16-31)18-22-6-2-1-3-7-22;5-3(6)1-2-4(7)8/h1-11,14,19,23H,12-13,15-18,20-21H2,(H,32,33);1-2H,(H,5,6)(H,7,8)/b27-14+;2-1+. The number of benzene rings is 3. The highest BCUT2D eigenvalue weighted by atomic mass is 16.5. The first kappa shape index (κ1) is 30.3. The molecule has 0 atom stereocenters. The van der Waals surface area contributed by atoms with E-state index in [1.54, 1.807) is 0 Å². The number of hydrogen-bond donors (Lipinski definition) is 3. The number of rotatable bonds is 8. The zero-order chi connectivity index (χ0) is 29.9. The zero-order valence-electron chi connectivity index (χ0n) is 23.3. The fraction of sp³-hybridized carbons (Fsp3) is 0.265. The third-order valence-electron chi connectivity index (χ3n) is 7.38. The van der Waals surface area contributed by atoms with E-state index < -0.39 is 17.9 Å². The van der Waals surface area contributed by atoms with E-state index in [4.69, 9.17) is 14.9 Å². The van der Waals surface area contributed by atoms with Crippen molar-refractivity contribution in [2.45, 2.75) is 32.3 Å². The molecule has 0 amide bonds. The second-order valence-electron chi connectivity index (χ2n) is 10.4. The Morgan fingerprint density at radius 2 is 1.48 bits per heavy atom. The number of carboxylic acids is 3. The van der Waals surface area contributed by atoms with Crippen LogP contribution in [0.2, 0.25) is 0 Å². The highest BCUT2D eigenvalue weighted by Gasteiger charge is 2.22. The van der Waals surface area contributed by atoms with Crippen LogP contribution in [0.15, 0.2) is 91.0 Å². The van der Waals surface area contributed by atoms with Crippen LogP contribution < -0.4 is 4.74 Å². The van der Waals surface area contributed by atoms with Crippen molar-refractivity contribution in [3.8, 4) is 5.75 Å². The monoisotopic (exact) mass is 569 g/mol. The average Bonchev–Trinajstić information content (AvgIpc) is 3.13. The van der Waals surface area contributed by atoms with Crippen LogP contribution in [0.25, 0.3) is 5.57 Å². The third-order valence-corrected chi connectivity index (χ3v) is 7.38. The number of likely N-dealkylation sites (tertiary alicyclic amines) is 1. The minimum absolute atomic E-state index is 0.0110. The third kappa shape index (κ3) is 8.91. The summed E-state index contributed by atoms with van der Waals surface area (Å²) in [6, 6.07) is 24.9. The Morgan fingerprint density at radius 1 is 0.810 bits per heavy atom. The van der Waals surface area contributed by atoms with Crippen molar-refractivity contribution < 1.29 is 34.4 Å². The molecule has 2 heterocycles. The van der Waals surface area contributed by atoms with E-state index in [0.29, 0.717) is 18.8 Å². The van der Waals surface area contributed by atoms with Gasteiger partial charge in [0, 0.05) is 24.3 Å².